The van der Waals surface area contributed by atoms with Crippen molar-refractivity contribution in [3.63, 3.8) is 0 Å². The normalized spacial score (nSPS) is 15.2. The lowest BCUT2D eigenvalue weighted by Gasteiger charge is -2.38. The van der Waals surface area contributed by atoms with E-state index in [4.69, 9.17) is 4.74 Å². The third-order valence-electron chi connectivity index (χ3n) is 5.97. The van der Waals surface area contributed by atoms with Crippen molar-refractivity contribution in [1.82, 2.24) is 4.90 Å². The van der Waals surface area contributed by atoms with Gasteiger partial charge in [-0.25, -0.2) is 0 Å². The number of benzene rings is 3. The summed E-state index contributed by atoms with van der Waals surface area (Å²) >= 11 is 0. The van der Waals surface area contributed by atoms with Crippen LogP contribution in [0, 0.1) is 0 Å². The highest BCUT2D eigenvalue weighted by atomic mass is 19.4. The van der Waals surface area contributed by atoms with Crippen LogP contribution >= 0.6 is 0 Å². The van der Waals surface area contributed by atoms with Crippen molar-refractivity contribution in [2.45, 2.75) is 19.1 Å². The first kappa shape index (κ1) is 25.2. The highest BCUT2D eigenvalue weighted by Crippen LogP contribution is 2.39. The molecule has 1 unspecified atom stereocenters. The summed E-state index contributed by atoms with van der Waals surface area (Å²) in [5.74, 6) is -0.295. The molecular weight excluding hydrogens is 471 g/mol. The molecule has 3 aromatic rings. The van der Waals surface area contributed by atoms with Gasteiger partial charge >= 0.3 is 6.18 Å². The van der Waals surface area contributed by atoms with Crippen molar-refractivity contribution in [3.05, 3.63) is 90.0 Å². The summed E-state index contributed by atoms with van der Waals surface area (Å²) in [5, 5.41) is 2.34. The zero-order chi connectivity index (χ0) is 25.7. The first-order chi connectivity index (χ1) is 17.3. The maximum atomic E-state index is 13.6. The molecule has 0 aliphatic carbocycles. The lowest BCUT2D eigenvalue weighted by molar-refractivity contribution is -0.137. The molecule has 0 spiro atoms. The predicted molar refractivity (Wildman–Crippen MR) is 131 cm³/mol. The van der Waals surface area contributed by atoms with Gasteiger partial charge in [0.05, 0.1) is 36.1 Å². The van der Waals surface area contributed by atoms with Gasteiger partial charge in [-0.3, -0.25) is 19.4 Å². The van der Waals surface area contributed by atoms with Crippen LogP contribution in [0.4, 0.5) is 24.5 Å². The standard InChI is InChI=1S/C27H26F3N3O3/c1-2-32(16-25(34)31-21-13-7-6-12-20(21)27(28,29)30)17-26(35)33-22-14-8-9-15-24(22)36-18-23(33)19-10-4-3-5-11-19/h3-15,23H,2,16-18H2,1H3,(H,31,34). The average Bonchev–Trinajstić information content (AvgIpc) is 2.87. The third kappa shape index (κ3) is 5.68. The number of anilines is 2. The molecule has 9 heteroatoms. The van der Waals surface area contributed by atoms with E-state index in [1.165, 1.54) is 18.2 Å². The summed E-state index contributed by atoms with van der Waals surface area (Å²) in [6, 6.07) is 21.2. The van der Waals surface area contributed by atoms with Crippen molar-refractivity contribution in [3.8, 4) is 5.75 Å². The Morgan fingerprint density at radius 1 is 0.972 bits per heavy atom. The van der Waals surface area contributed by atoms with Gasteiger partial charge in [0, 0.05) is 0 Å². The Kier molecular flexibility index (Phi) is 7.59. The van der Waals surface area contributed by atoms with E-state index >= 15 is 0 Å². The van der Waals surface area contributed by atoms with Crippen LogP contribution in [0.2, 0.25) is 0 Å². The molecule has 1 aliphatic heterocycles. The molecule has 0 aromatic heterocycles. The van der Waals surface area contributed by atoms with Crippen molar-refractivity contribution in [2.24, 2.45) is 0 Å². The third-order valence-corrected chi connectivity index (χ3v) is 5.97. The summed E-state index contributed by atoms with van der Waals surface area (Å²) < 4.78 is 45.8. The molecule has 1 N–H and O–H groups in total. The number of carbonyl (C=O) groups is 2. The Morgan fingerprint density at radius 3 is 2.36 bits per heavy atom. The van der Waals surface area contributed by atoms with E-state index in [0.29, 0.717) is 18.0 Å². The number of fused-ring (bicyclic) bond motifs is 1. The molecule has 0 radical (unpaired) electrons. The Hall–Kier alpha value is -3.85. The predicted octanol–water partition coefficient (Wildman–Crippen LogP) is 5.13. The number of ether oxygens (including phenoxy) is 1. The average molecular weight is 498 g/mol. The minimum Gasteiger partial charge on any atom is -0.489 e. The fourth-order valence-electron chi connectivity index (χ4n) is 4.20. The first-order valence-corrected chi connectivity index (χ1v) is 11.5. The maximum Gasteiger partial charge on any atom is 0.418 e. The van der Waals surface area contributed by atoms with Crippen LogP contribution in [0.25, 0.3) is 0 Å². The molecule has 1 atom stereocenters. The van der Waals surface area contributed by atoms with Gasteiger partial charge in [-0.2, -0.15) is 13.2 Å². The Labute approximate surface area is 207 Å². The molecule has 1 aliphatic rings. The number of hydrogen-bond donors (Lipinski definition) is 1. The Bertz CT molecular complexity index is 1220. The monoisotopic (exact) mass is 497 g/mol. The number of rotatable bonds is 7. The van der Waals surface area contributed by atoms with Crippen LogP contribution in [0.15, 0.2) is 78.9 Å². The van der Waals surface area contributed by atoms with Gasteiger partial charge in [0.1, 0.15) is 12.4 Å². The Morgan fingerprint density at radius 2 is 1.64 bits per heavy atom. The second-order valence-corrected chi connectivity index (χ2v) is 8.36. The number of nitrogens with one attached hydrogen (secondary N) is 1. The fourth-order valence-corrected chi connectivity index (χ4v) is 4.20. The largest absolute Gasteiger partial charge is 0.489 e. The SMILES string of the molecule is CCN(CC(=O)Nc1ccccc1C(F)(F)F)CC(=O)N1c2ccccc2OCC1c1ccccc1. The van der Waals surface area contributed by atoms with E-state index in [1.54, 1.807) is 28.9 Å². The van der Waals surface area contributed by atoms with E-state index in [2.05, 4.69) is 5.32 Å². The Balaban J connectivity index is 1.51. The van der Waals surface area contributed by atoms with Crippen LogP contribution in [0.1, 0.15) is 24.1 Å². The molecule has 1 heterocycles. The number of carbonyl (C=O) groups excluding carboxylic acids is 2. The number of nitrogens with zero attached hydrogens (tertiary/aromatic N) is 2. The van der Waals surface area contributed by atoms with Crippen LogP contribution in [0.5, 0.6) is 5.75 Å². The van der Waals surface area contributed by atoms with Crippen molar-refractivity contribution < 1.29 is 27.5 Å². The van der Waals surface area contributed by atoms with Gasteiger partial charge in [0.25, 0.3) is 0 Å². The minimum absolute atomic E-state index is 0.0947. The van der Waals surface area contributed by atoms with Gasteiger partial charge in [0.2, 0.25) is 11.8 Å². The van der Waals surface area contributed by atoms with Gasteiger partial charge in [-0.05, 0) is 36.4 Å². The number of halogens is 3. The lowest BCUT2D eigenvalue weighted by atomic mass is 10.0. The zero-order valence-electron chi connectivity index (χ0n) is 19.7. The minimum atomic E-state index is -4.60. The summed E-state index contributed by atoms with van der Waals surface area (Å²) in [5.41, 5.74) is 0.295. The molecular formula is C27H26F3N3O3. The van der Waals surface area contributed by atoms with E-state index in [9.17, 15) is 22.8 Å². The highest BCUT2D eigenvalue weighted by Gasteiger charge is 2.35. The number of alkyl halides is 3. The molecule has 3 aromatic carbocycles. The second kappa shape index (κ2) is 10.8. The molecule has 0 fully saturated rings. The summed E-state index contributed by atoms with van der Waals surface area (Å²) in [6.07, 6.45) is -4.60. The van der Waals surface area contributed by atoms with E-state index in [-0.39, 0.29) is 37.3 Å². The van der Waals surface area contributed by atoms with E-state index in [1.807, 2.05) is 42.5 Å². The van der Waals surface area contributed by atoms with Gasteiger partial charge < -0.3 is 10.1 Å². The lowest BCUT2D eigenvalue weighted by Crippen LogP contribution is -2.47. The van der Waals surface area contributed by atoms with Crippen LogP contribution < -0.4 is 15.0 Å². The van der Waals surface area contributed by atoms with Gasteiger partial charge in [-0.1, -0.05) is 61.5 Å². The summed E-state index contributed by atoms with van der Waals surface area (Å²) in [6.45, 7) is 2.07. The quantitative estimate of drug-likeness (QED) is 0.492. The molecule has 0 saturated heterocycles. The van der Waals surface area contributed by atoms with E-state index < -0.39 is 17.6 Å². The first-order valence-electron chi connectivity index (χ1n) is 11.5. The molecule has 4 rings (SSSR count). The van der Waals surface area contributed by atoms with Crippen molar-refractivity contribution in [1.29, 1.82) is 0 Å². The molecule has 188 valence electrons. The molecule has 6 nitrogen and oxygen atoms in total. The molecule has 36 heavy (non-hydrogen) atoms. The maximum absolute atomic E-state index is 13.6. The smallest absolute Gasteiger partial charge is 0.418 e. The molecule has 2 amide bonds. The number of amides is 2. The van der Waals surface area contributed by atoms with Crippen LogP contribution in [0.3, 0.4) is 0 Å². The second-order valence-electron chi connectivity index (χ2n) is 8.36. The summed E-state index contributed by atoms with van der Waals surface area (Å²) in [7, 11) is 0. The zero-order valence-corrected chi connectivity index (χ0v) is 19.7. The molecule has 0 saturated carbocycles. The summed E-state index contributed by atoms with van der Waals surface area (Å²) in [4.78, 5) is 29.5. The van der Waals surface area contributed by atoms with Crippen molar-refractivity contribution >= 4 is 23.2 Å². The number of likely N-dealkylation sites (N-methyl/N-ethyl adjacent to an activating group) is 1. The highest BCUT2D eigenvalue weighted by molar-refractivity contribution is 5.98. The van der Waals surface area contributed by atoms with Crippen LogP contribution in [-0.2, 0) is 15.8 Å². The van der Waals surface area contributed by atoms with Gasteiger partial charge in [-0.15, -0.1) is 0 Å². The number of para-hydroxylation sites is 3. The topological polar surface area (TPSA) is 61.9 Å². The van der Waals surface area contributed by atoms with Crippen molar-refractivity contribution in [2.75, 3.05) is 36.5 Å². The van der Waals surface area contributed by atoms with Gasteiger partial charge in [0.15, 0.2) is 0 Å². The number of hydrogen-bond acceptors (Lipinski definition) is 4. The van der Waals surface area contributed by atoms with E-state index in [0.717, 1.165) is 11.6 Å². The fraction of sp³-hybridized carbons (Fsp3) is 0.259. The van der Waals surface area contributed by atoms with Crippen LogP contribution in [-0.4, -0.2) is 43.0 Å². The molecule has 0 bridgehead atoms.